The number of non-ortho nitro benzene ring substituents is 1. The SMILES string of the molecule is O=C(OCCSC1CS(=O)(=O)c2cc([N+](=O)[O-])ccc21)c1ccccc1Cl. The number of rotatable bonds is 6. The lowest BCUT2D eigenvalue weighted by Gasteiger charge is -2.10. The molecule has 1 atom stereocenters. The lowest BCUT2D eigenvalue weighted by molar-refractivity contribution is -0.385. The van der Waals surface area contributed by atoms with Gasteiger partial charge in [0.05, 0.1) is 26.2 Å². The fraction of sp³-hybridized carbons (Fsp3) is 0.235. The van der Waals surface area contributed by atoms with E-state index in [9.17, 15) is 23.3 Å². The summed E-state index contributed by atoms with van der Waals surface area (Å²) in [6, 6.07) is 10.4. The number of ether oxygens (including phenoxy) is 1. The molecule has 1 unspecified atom stereocenters. The molecule has 1 aliphatic rings. The first-order valence-corrected chi connectivity index (χ1v) is 10.9. The monoisotopic (exact) mass is 427 g/mol. The van der Waals surface area contributed by atoms with Crippen molar-refractivity contribution in [2.75, 3.05) is 18.1 Å². The molecule has 27 heavy (non-hydrogen) atoms. The smallest absolute Gasteiger partial charge is 0.339 e. The first kappa shape index (κ1) is 19.7. The molecule has 7 nitrogen and oxygen atoms in total. The Balaban J connectivity index is 1.61. The highest BCUT2D eigenvalue weighted by Gasteiger charge is 2.36. The van der Waals surface area contributed by atoms with Crippen LogP contribution in [0.5, 0.6) is 0 Å². The van der Waals surface area contributed by atoms with Crippen molar-refractivity contribution >= 4 is 44.9 Å². The minimum Gasteiger partial charge on any atom is -0.461 e. The van der Waals surface area contributed by atoms with Crippen molar-refractivity contribution in [3.63, 3.8) is 0 Å². The molecule has 0 radical (unpaired) electrons. The van der Waals surface area contributed by atoms with Crippen LogP contribution >= 0.6 is 23.4 Å². The molecule has 2 aromatic rings. The predicted octanol–water partition coefficient (Wildman–Crippen LogP) is 3.67. The number of nitrogens with zero attached hydrogens (tertiary/aromatic N) is 1. The molecule has 0 aromatic heterocycles. The third kappa shape index (κ3) is 4.26. The molecule has 0 amide bonds. The van der Waals surface area contributed by atoms with Gasteiger partial charge in [-0.25, -0.2) is 13.2 Å². The molecule has 142 valence electrons. The molecule has 0 aliphatic carbocycles. The van der Waals surface area contributed by atoms with Gasteiger partial charge in [0.15, 0.2) is 9.84 Å². The molecule has 0 bridgehead atoms. The van der Waals surface area contributed by atoms with Gasteiger partial charge in [0.25, 0.3) is 5.69 Å². The number of nitro groups is 1. The molecule has 1 aliphatic heterocycles. The summed E-state index contributed by atoms with van der Waals surface area (Å²) in [4.78, 5) is 22.2. The topological polar surface area (TPSA) is 104 Å². The fourth-order valence-corrected chi connectivity index (χ4v) is 6.40. The Kier molecular flexibility index (Phi) is 5.73. The summed E-state index contributed by atoms with van der Waals surface area (Å²) in [7, 11) is -3.56. The normalized spacial score (nSPS) is 17.3. The highest BCUT2D eigenvalue weighted by molar-refractivity contribution is 8.01. The summed E-state index contributed by atoms with van der Waals surface area (Å²) in [6.07, 6.45) is 0. The van der Waals surface area contributed by atoms with E-state index in [0.717, 1.165) is 6.07 Å². The van der Waals surface area contributed by atoms with E-state index in [1.165, 1.54) is 23.9 Å². The van der Waals surface area contributed by atoms with E-state index in [4.69, 9.17) is 16.3 Å². The van der Waals surface area contributed by atoms with Crippen molar-refractivity contribution < 1.29 is 22.9 Å². The summed E-state index contributed by atoms with van der Waals surface area (Å²) in [5.41, 5.74) is 0.560. The first-order valence-electron chi connectivity index (χ1n) is 7.84. The van der Waals surface area contributed by atoms with Gasteiger partial charge in [0.1, 0.15) is 6.61 Å². The molecule has 10 heteroatoms. The van der Waals surface area contributed by atoms with Crippen molar-refractivity contribution in [3.05, 3.63) is 68.7 Å². The largest absolute Gasteiger partial charge is 0.461 e. The van der Waals surface area contributed by atoms with Gasteiger partial charge in [0, 0.05) is 23.1 Å². The molecule has 0 spiro atoms. The predicted molar refractivity (Wildman–Crippen MR) is 102 cm³/mol. The molecular formula is C17H14ClNO6S2. The van der Waals surface area contributed by atoms with E-state index >= 15 is 0 Å². The zero-order valence-electron chi connectivity index (χ0n) is 13.8. The maximum atomic E-state index is 12.3. The van der Waals surface area contributed by atoms with Crippen molar-refractivity contribution in [2.45, 2.75) is 10.1 Å². The van der Waals surface area contributed by atoms with Gasteiger partial charge in [0.2, 0.25) is 0 Å². The van der Waals surface area contributed by atoms with Crippen molar-refractivity contribution in [3.8, 4) is 0 Å². The minimum absolute atomic E-state index is 0.00209. The maximum Gasteiger partial charge on any atom is 0.339 e. The van der Waals surface area contributed by atoms with Crippen LogP contribution in [0.15, 0.2) is 47.4 Å². The van der Waals surface area contributed by atoms with Crippen molar-refractivity contribution in [2.24, 2.45) is 0 Å². The summed E-state index contributed by atoms with van der Waals surface area (Å²) in [6.45, 7) is 0.0909. The zero-order chi connectivity index (χ0) is 19.6. The highest BCUT2D eigenvalue weighted by atomic mass is 35.5. The van der Waals surface area contributed by atoms with E-state index in [0.29, 0.717) is 16.3 Å². The number of hydrogen-bond donors (Lipinski definition) is 0. The second-order valence-electron chi connectivity index (χ2n) is 5.74. The maximum absolute atomic E-state index is 12.3. The first-order chi connectivity index (χ1) is 12.8. The molecular weight excluding hydrogens is 414 g/mol. The number of carbonyl (C=O) groups excluding carboxylic acids is 1. The standard InChI is InChI=1S/C17H14ClNO6S2/c18-14-4-2-1-3-12(14)17(20)25-7-8-26-15-10-27(23,24)16-9-11(19(21)22)5-6-13(15)16/h1-6,9,15H,7-8,10H2. The summed E-state index contributed by atoms with van der Waals surface area (Å²) in [5.74, 6) is -0.296. The number of thioether (sulfide) groups is 1. The van der Waals surface area contributed by atoms with Crippen LogP contribution in [0.2, 0.25) is 5.02 Å². The van der Waals surface area contributed by atoms with Crippen LogP contribution in [-0.4, -0.2) is 37.4 Å². The summed E-state index contributed by atoms with van der Waals surface area (Å²) >= 11 is 7.26. The number of benzene rings is 2. The van der Waals surface area contributed by atoms with Crippen LogP contribution in [0.25, 0.3) is 0 Å². The van der Waals surface area contributed by atoms with E-state index < -0.39 is 20.7 Å². The third-order valence-corrected chi connectivity index (χ3v) is 7.55. The fourth-order valence-electron chi connectivity index (χ4n) is 2.72. The number of fused-ring (bicyclic) bond motifs is 1. The molecule has 0 N–H and O–H groups in total. The van der Waals surface area contributed by atoms with Crippen molar-refractivity contribution in [1.29, 1.82) is 0 Å². The quantitative estimate of drug-likeness (QED) is 0.300. The van der Waals surface area contributed by atoms with E-state index in [1.807, 2.05) is 0 Å². The molecule has 0 saturated heterocycles. The van der Waals surface area contributed by atoms with Crippen LogP contribution in [0.3, 0.4) is 0 Å². The van der Waals surface area contributed by atoms with Gasteiger partial charge in [-0.1, -0.05) is 23.7 Å². The summed E-state index contributed by atoms with van der Waals surface area (Å²) in [5, 5.41) is 10.8. The Labute approximate surface area is 164 Å². The van der Waals surface area contributed by atoms with Crippen LogP contribution in [-0.2, 0) is 14.6 Å². The number of hydrogen-bond acceptors (Lipinski definition) is 7. The number of esters is 1. The number of nitro benzene ring substituents is 1. The third-order valence-electron chi connectivity index (χ3n) is 3.99. The number of sulfone groups is 1. The van der Waals surface area contributed by atoms with Gasteiger partial charge in [-0.15, -0.1) is 11.8 Å². The minimum atomic E-state index is -3.56. The Bertz CT molecular complexity index is 1010. The van der Waals surface area contributed by atoms with Gasteiger partial charge in [-0.3, -0.25) is 10.1 Å². The lowest BCUT2D eigenvalue weighted by Crippen LogP contribution is -2.09. The van der Waals surface area contributed by atoms with Gasteiger partial charge >= 0.3 is 5.97 Å². The van der Waals surface area contributed by atoms with Crippen LogP contribution in [0.1, 0.15) is 21.2 Å². The van der Waals surface area contributed by atoms with Crippen LogP contribution in [0.4, 0.5) is 5.69 Å². The van der Waals surface area contributed by atoms with Gasteiger partial charge in [-0.2, -0.15) is 0 Å². The van der Waals surface area contributed by atoms with E-state index in [-0.39, 0.29) is 33.8 Å². The number of halogens is 1. The Hall–Kier alpha value is -2.10. The number of carbonyl (C=O) groups is 1. The average molecular weight is 428 g/mol. The lowest BCUT2D eigenvalue weighted by atomic mass is 10.1. The van der Waals surface area contributed by atoms with E-state index in [2.05, 4.69) is 0 Å². The van der Waals surface area contributed by atoms with Crippen LogP contribution < -0.4 is 0 Å². The molecule has 1 heterocycles. The summed E-state index contributed by atoms with van der Waals surface area (Å²) < 4.78 is 29.7. The zero-order valence-corrected chi connectivity index (χ0v) is 16.2. The van der Waals surface area contributed by atoms with Crippen LogP contribution in [0, 0.1) is 10.1 Å². The Morgan fingerprint density at radius 1 is 1.30 bits per heavy atom. The van der Waals surface area contributed by atoms with Gasteiger partial charge < -0.3 is 4.74 Å². The molecule has 3 rings (SSSR count). The van der Waals surface area contributed by atoms with E-state index in [1.54, 1.807) is 24.3 Å². The van der Waals surface area contributed by atoms with Gasteiger partial charge in [-0.05, 0) is 23.8 Å². The molecule has 2 aromatic carbocycles. The second kappa shape index (κ2) is 7.87. The molecule has 0 fully saturated rings. The second-order valence-corrected chi connectivity index (χ2v) is 9.46. The Morgan fingerprint density at radius 3 is 2.74 bits per heavy atom. The molecule has 0 saturated carbocycles. The van der Waals surface area contributed by atoms with Crippen molar-refractivity contribution in [1.82, 2.24) is 0 Å². The highest BCUT2D eigenvalue weighted by Crippen LogP contribution is 2.43. The Morgan fingerprint density at radius 2 is 2.04 bits per heavy atom. The average Bonchev–Trinajstić information content (AvgIpc) is 2.89.